The van der Waals surface area contributed by atoms with Crippen molar-refractivity contribution in [3.63, 3.8) is 0 Å². The van der Waals surface area contributed by atoms with Crippen molar-refractivity contribution in [2.75, 3.05) is 19.0 Å². The molecule has 0 amide bonds. The number of aromatic hydroxyl groups is 1. The van der Waals surface area contributed by atoms with E-state index in [0.717, 1.165) is 0 Å². The van der Waals surface area contributed by atoms with Crippen LogP contribution in [-0.2, 0) is 0 Å². The molecule has 0 aliphatic heterocycles. The van der Waals surface area contributed by atoms with Crippen LogP contribution in [0.1, 0.15) is 11.4 Å². The maximum atomic E-state index is 10.0. The van der Waals surface area contributed by atoms with Gasteiger partial charge in [0.15, 0.2) is 24.9 Å². The Morgan fingerprint density at radius 1 is 1.06 bits per heavy atom. The lowest BCUT2D eigenvalue weighted by atomic mass is 10.2. The van der Waals surface area contributed by atoms with Crippen molar-refractivity contribution in [2.24, 2.45) is 0 Å². The molecule has 1 unspecified atom stereocenters. The highest BCUT2D eigenvalue weighted by Crippen LogP contribution is 2.66. The molecule has 0 radical (unpaired) electrons. The maximum Gasteiger partial charge on any atom is 0.197 e. The van der Waals surface area contributed by atoms with Gasteiger partial charge in [-0.2, -0.15) is 0 Å². The maximum absolute atomic E-state index is 10.0. The van der Waals surface area contributed by atoms with Crippen molar-refractivity contribution in [1.29, 1.82) is 0 Å². The summed E-state index contributed by atoms with van der Waals surface area (Å²) in [5.74, 6) is -1.15. The minimum atomic E-state index is -2.66. The zero-order valence-electron chi connectivity index (χ0n) is 8.69. The van der Waals surface area contributed by atoms with Gasteiger partial charge >= 0.3 is 0 Å². The monoisotopic (exact) mass is 247 g/mol. The van der Waals surface area contributed by atoms with Crippen LogP contribution in [0, 0.1) is 0 Å². The summed E-state index contributed by atoms with van der Waals surface area (Å²) in [5, 5.41) is 46.8. The molecule has 16 heavy (non-hydrogen) atoms. The van der Waals surface area contributed by atoms with Gasteiger partial charge in [0.1, 0.15) is 13.0 Å². The molecule has 6 heteroatoms. The van der Waals surface area contributed by atoms with Crippen LogP contribution >= 0.6 is 7.26 Å². The average Bonchev–Trinajstić information content (AvgIpc) is 2.32. The van der Waals surface area contributed by atoms with E-state index in [9.17, 15) is 25.5 Å². The van der Waals surface area contributed by atoms with Crippen LogP contribution in [0.5, 0.6) is 5.75 Å². The molecule has 0 saturated carbocycles. The van der Waals surface area contributed by atoms with Gasteiger partial charge in [0, 0.05) is 5.56 Å². The van der Waals surface area contributed by atoms with Gasteiger partial charge in [-0.1, -0.05) is 12.1 Å². The molecule has 0 fully saturated rings. The molecule has 0 saturated heterocycles. The summed E-state index contributed by atoms with van der Waals surface area (Å²) in [6.45, 7) is 0. The molecule has 90 valence electrons. The van der Waals surface area contributed by atoms with Gasteiger partial charge in [-0.15, -0.1) is 0 Å². The molecule has 1 atom stereocenters. The van der Waals surface area contributed by atoms with Crippen LogP contribution in [0.3, 0.4) is 0 Å². The molecule has 1 aromatic rings. The zero-order chi connectivity index (χ0) is 12.2. The van der Waals surface area contributed by atoms with Gasteiger partial charge in [0.05, 0.1) is 0 Å². The molecule has 0 aromatic heterocycles. The Labute approximate surface area is 93.9 Å². The molecular formula is C10H16O5P+. The quantitative estimate of drug-likeness (QED) is 0.480. The van der Waals surface area contributed by atoms with E-state index < -0.39 is 32.2 Å². The average molecular weight is 247 g/mol. The van der Waals surface area contributed by atoms with Crippen LogP contribution < -0.4 is 0 Å². The van der Waals surface area contributed by atoms with E-state index in [4.69, 9.17) is 0 Å². The summed E-state index contributed by atoms with van der Waals surface area (Å²) in [7, 11) is -2.66. The number of benzene rings is 1. The van der Waals surface area contributed by atoms with E-state index >= 15 is 0 Å². The molecule has 5 N–H and O–H groups in total. The third-order valence-corrected chi connectivity index (χ3v) is 5.56. The summed E-state index contributed by atoms with van der Waals surface area (Å²) >= 11 is 0. The summed E-state index contributed by atoms with van der Waals surface area (Å²) in [6.07, 6.45) is -1.34. The number of aliphatic hydroxyl groups excluding tert-OH is 4. The first kappa shape index (κ1) is 13.4. The van der Waals surface area contributed by atoms with E-state index in [1.165, 1.54) is 12.1 Å². The van der Waals surface area contributed by atoms with E-state index in [0.29, 0.717) is 5.56 Å². The first-order chi connectivity index (χ1) is 7.59. The van der Waals surface area contributed by atoms with Crippen LogP contribution in [0.4, 0.5) is 0 Å². The third kappa shape index (κ3) is 2.51. The minimum Gasteiger partial charge on any atom is -0.508 e. The fraction of sp³-hybridized carbons (Fsp3) is 0.400. The summed E-state index contributed by atoms with van der Waals surface area (Å²) in [5.41, 5.74) is 0.380. The number of phenols is 1. The van der Waals surface area contributed by atoms with Gasteiger partial charge in [0.25, 0.3) is 0 Å². The van der Waals surface area contributed by atoms with Crippen molar-refractivity contribution in [1.82, 2.24) is 0 Å². The first-order valence-electron chi connectivity index (χ1n) is 4.75. The van der Waals surface area contributed by atoms with E-state index in [1.54, 1.807) is 12.1 Å². The first-order valence-corrected chi connectivity index (χ1v) is 7.16. The molecule has 1 aromatic carbocycles. The number of phenolic OH excluding ortho intramolecular Hbond substituents is 1. The minimum absolute atomic E-state index is 0.0107. The highest BCUT2D eigenvalue weighted by atomic mass is 31.2. The lowest BCUT2D eigenvalue weighted by molar-refractivity contribution is 0.229. The Morgan fingerprint density at radius 2 is 1.62 bits per heavy atom. The van der Waals surface area contributed by atoms with E-state index in [1.807, 2.05) is 0 Å². The van der Waals surface area contributed by atoms with Gasteiger partial charge in [-0.3, -0.25) is 0 Å². The lowest BCUT2D eigenvalue weighted by Crippen LogP contribution is -2.15. The zero-order valence-corrected chi connectivity index (χ0v) is 9.59. The molecular weight excluding hydrogens is 231 g/mol. The normalized spacial score (nSPS) is 13.8. The molecule has 0 aliphatic carbocycles. The van der Waals surface area contributed by atoms with Crippen LogP contribution in [0.25, 0.3) is 0 Å². The van der Waals surface area contributed by atoms with Crippen molar-refractivity contribution < 1.29 is 25.5 Å². The van der Waals surface area contributed by atoms with Crippen LogP contribution in [0.15, 0.2) is 24.3 Å². The SMILES string of the molecule is OC[P+](CO)(CO)C(O)c1cccc(O)c1. The highest BCUT2D eigenvalue weighted by molar-refractivity contribution is 7.75. The fourth-order valence-electron chi connectivity index (χ4n) is 1.37. The Balaban J connectivity index is 3.03. The Morgan fingerprint density at radius 3 is 2.06 bits per heavy atom. The van der Waals surface area contributed by atoms with Gasteiger partial charge in [0.2, 0.25) is 0 Å². The smallest absolute Gasteiger partial charge is 0.197 e. The summed E-state index contributed by atoms with van der Waals surface area (Å²) in [4.78, 5) is 0. The second-order valence-electron chi connectivity index (χ2n) is 3.61. The predicted octanol–water partition coefficient (Wildman–Crippen LogP) is 0.250. The molecule has 0 heterocycles. The fourth-order valence-corrected chi connectivity index (χ4v) is 2.89. The molecule has 0 spiro atoms. The highest BCUT2D eigenvalue weighted by Gasteiger charge is 2.45. The Hall–Kier alpha value is -0.710. The second kappa shape index (κ2) is 5.57. The van der Waals surface area contributed by atoms with Crippen molar-refractivity contribution >= 4 is 7.26 Å². The number of hydrogen-bond acceptors (Lipinski definition) is 5. The third-order valence-electron chi connectivity index (χ3n) is 2.53. The molecule has 5 nitrogen and oxygen atoms in total. The largest absolute Gasteiger partial charge is 0.508 e. The Kier molecular flexibility index (Phi) is 4.65. The van der Waals surface area contributed by atoms with Gasteiger partial charge < -0.3 is 25.5 Å². The second-order valence-corrected chi connectivity index (χ2v) is 7.39. The number of hydrogen-bond donors (Lipinski definition) is 5. The van der Waals surface area contributed by atoms with Gasteiger partial charge in [-0.25, -0.2) is 0 Å². The number of rotatable bonds is 5. The van der Waals surface area contributed by atoms with Crippen molar-refractivity contribution in [3.8, 4) is 5.75 Å². The molecule has 0 bridgehead atoms. The van der Waals surface area contributed by atoms with Gasteiger partial charge in [-0.05, 0) is 12.1 Å². The Bertz CT molecular complexity index is 331. The summed E-state index contributed by atoms with van der Waals surface area (Å²) in [6, 6.07) is 5.92. The van der Waals surface area contributed by atoms with E-state index in [2.05, 4.69) is 0 Å². The summed E-state index contributed by atoms with van der Waals surface area (Å²) < 4.78 is 0. The predicted molar refractivity (Wildman–Crippen MR) is 61.2 cm³/mol. The molecule has 1 rings (SSSR count). The van der Waals surface area contributed by atoms with E-state index in [-0.39, 0.29) is 5.75 Å². The lowest BCUT2D eigenvalue weighted by Gasteiger charge is -2.25. The van der Waals surface area contributed by atoms with Crippen LogP contribution in [-0.4, -0.2) is 44.6 Å². The van der Waals surface area contributed by atoms with Crippen LogP contribution in [0.2, 0.25) is 0 Å². The standard InChI is InChI=1S/C10H15O5P/c11-5-16(6-12,7-13)10(15)8-2-1-3-9(14)4-8/h1-4,10-13,15H,5-7H2/p+1. The van der Waals surface area contributed by atoms with Crippen molar-refractivity contribution in [2.45, 2.75) is 5.85 Å². The van der Waals surface area contributed by atoms with Crippen molar-refractivity contribution in [3.05, 3.63) is 29.8 Å². The topological polar surface area (TPSA) is 101 Å². The number of aliphatic hydroxyl groups is 4. The molecule has 0 aliphatic rings.